The van der Waals surface area contributed by atoms with Crippen molar-refractivity contribution in [1.29, 1.82) is 0 Å². The Labute approximate surface area is 97.7 Å². The predicted octanol–water partition coefficient (Wildman–Crippen LogP) is 3.55. The van der Waals surface area contributed by atoms with E-state index in [-0.39, 0.29) is 15.6 Å². The second-order valence-corrected chi connectivity index (χ2v) is 4.27. The van der Waals surface area contributed by atoms with E-state index in [1.165, 1.54) is 12.1 Å². The first-order chi connectivity index (χ1) is 7.88. The summed E-state index contributed by atoms with van der Waals surface area (Å²) in [5.41, 5.74) is 4.48. The van der Waals surface area contributed by atoms with Gasteiger partial charge in [0.05, 0.1) is 4.88 Å². The van der Waals surface area contributed by atoms with Gasteiger partial charge in [-0.3, -0.25) is 0 Å². The second-order valence-electron chi connectivity index (χ2n) is 3.23. The van der Waals surface area contributed by atoms with E-state index in [1.807, 2.05) is 0 Å². The number of anilines is 1. The molecule has 0 unspecified atom stereocenters. The van der Waals surface area contributed by atoms with Crippen molar-refractivity contribution in [3.8, 4) is 10.4 Å². The zero-order chi connectivity index (χ0) is 12.6. The van der Waals surface area contributed by atoms with Gasteiger partial charge in [0, 0.05) is 0 Å². The van der Waals surface area contributed by atoms with Gasteiger partial charge in [0.15, 0.2) is 10.8 Å². The topological polar surface area (TPSA) is 38.9 Å². The molecule has 0 bridgehead atoms. The summed E-state index contributed by atoms with van der Waals surface area (Å²) in [4.78, 5) is 3.16. The number of rotatable bonds is 1. The lowest BCUT2D eigenvalue weighted by Crippen LogP contribution is -2.07. The van der Waals surface area contributed by atoms with Crippen LogP contribution in [0.4, 0.5) is 22.7 Å². The average Bonchev–Trinajstić information content (AvgIpc) is 2.61. The molecular formula is C10H6F4N2S. The lowest BCUT2D eigenvalue weighted by Gasteiger charge is -2.05. The first-order valence-electron chi connectivity index (χ1n) is 4.47. The van der Waals surface area contributed by atoms with Crippen LogP contribution >= 0.6 is 11.3 Å². The molecule has 2 rings (SSSR count). The summed E-state index contributed by atoms with van der Waals surface area (Å²) < 4.78 is 50.6. The maximum atomic E-state index is 12.7. The second kappa shape index (κ2) is 3.99. The van der Waals surface area contributed by atoms with Gasteiger partial charge in [-0.1, -0.05) is 23.5 Å². The molecule has 0 aliphatic rings. The van der Waals surface area contributed by atoms with Crippen LogP contribution in [0.2, 0.25) is 0 Å². The maximum Gasteiger partial charge on any atom is 0.434 e. The molecule has 7 heteroatoms. The van der Waals surface area contributed by atoms with Crippen molar-refractivity contribution in [2.24, 2.45) is 0 Å². The van der Waals surface area contributed by atoms with Crippen LogP contribution in [0.25, 0.3) is 10.4 Å². The summed E-state index contributed by atoms with van der Waals surface area (Å²) in [5.74, 6) is -0.514. The number of hydrogen-bond donors (Lipinski definition) is 1. The van der Waals surface area contributed by atoms with E-state index in [9.17, 15) is 17.6 Å². The third kappa shape index (κ3) is 2.38. The molecule has 1 aromatic heterocycles. The number of nitrogens with zero attached hydrogens (tertiary/aromatic N) is 1. The van der Waals surface area contributed by atoms with Gasteiger partial charge >= 0.3 is 6.18 Å². The zero-order valence-corrected chi connectivity index (χ0v) is 9.07. The molecule has 0 radical (unpaired) electrons. The van der Waals surface area contributed by atoms with Gasteiger partial charge in [0.25, 0.3) is 0 Å². The number of hydrogen-bond acceptors (Lipinski definition) is 3. The Hall–Kier alpha value is -1.63. The van der Waals surface area contributed by atoms with Gasteiger partial charge in [0.2, 0.25) is 0 Å². The molecule has 0 aliphatic carbocycles. The number of nitrogens with two attached hydrogens (primary N) is 1. The molecule has 0 fully saturated rings. The fraction of sp³-hybridized carbons (Fsp3) is 0.100. The Morgan fingerprint density at radius 2 is 1.71 bits per heavy atom. The molecule has 0 amide bonds. The van der Waals surface area contributed by atoms with Gasteiger partial charge in [-0.25, -0.2) is 9.37 Å². The normalized spacial score (nSPS) is 11.8. The van der Waals surface area contributed by atoms with E-state index in [1.54, 1.807) is 0 Å². The van der Waals surface area contributed by atoms with E-state index >= 15 is 0 Å². The summed E-state index contributed by atoms with van der Waals surface area (Å²) >= 11 is 0.724. The van der Waals surface area contributed by atoms with Crippen LogP contribution in [-0.4, -0.2) is 4.98 Å². The number of benzene rings is 1. The highest BCUT2D eigenvalue weighted by Crippen LogP contribution is 2.40. The molecule has 1 aromatic carbocycles. The Morgan fingerprint density at radius 1 is 1.12 bits per heavy atom. The van der Waals surface area contributed by atoms with Crippen molar-refractivity contribution >= 4 is 16.5 Å². The molecule has 0 saturated carbocycles. The molecule has 0 atom stereocenters. The van der Waals surface area contributed by atoms with E-state index in [0.29, 0.717) is 0 Å². The first-order valence-corrected chi connectivity index (χ1v) is 5.29. The number of halogens is 4. The average molecular weight is 262 g/mol. The molecule has 17 heavy (non-hydrogen) atoms. The predicted molar refractivity (Wildman–Crippen MR) is 56.9 cm³/mol. The summed E-state index contributed by atoms with van der Waals surface area (Å²) in [5, 5.41) is -0.170. The van der Waals surface area contributed by atoms with Crippen molar-refractivity contribution in [3.05, 3.63) is 35.8 Å². The first kappa shape index (κ1) is 11.8. The Bertz CT molecular complexity index is 530. The van der Waals surface area contributed by atoms with Crippen LogP contribution in [-0.2, 0) is 6.18 Å². The lowest BCUT2D eigenvalue weighted by molar-refractivity contribution is -0.140. The highest BCUT2D eigenvalue weighted by molar-refractivity contribution is 7.18. The SMILES string of the molecule is Nc1nc(C(F)(F)F)c(-c2ccc(F)cc2)s1. The van der Waals surface area contributed by atoms with Crippen LogP contribution in [0.3, 0.4) is 0 Å². The van der Waals surface area contributed by atoms with Gasteiger partial charge in [-0.2, -0.15) is 13.2 Å². The van der Waals surface area contributed by atoms with Crippen molar-refractivity contribution < 1.29 is 17.6 Å². The Kier molecular flexibility index (Phi) is 2.78. The number of aromatic nitrogens is 1. The van der Waals surface area contributed by atoms with E-state index in [0.717, 1.165) is 23.5 Å². The molecule has 2 aromatic rings. The number of alkyl halides is 3. The van der Waals surface area contributed by atoms with E-state index in [4.69, 9.17) is 5.73 Å². The monoisotopic (exact) mass is 262 g/mol. The Morgan fingerprint density at radius 3 is 2.24 bits per heavy atom. The molecule has 2 N–H and O–H groups in total. The molecule has 90 valence electrons. The van der Waals surface area contributed by atoms with Crippen LogP contribution in [0.5, 0.6) is 0 Å². The largest absolute Gasteiger partial charge is 0.434 e. The standard InChI is InChI=1S/C10H6F4N2S/c11-6-3-1-5(2-4-6)7-8(10(12,13)14)16-9(15)17-7/h1-4H,(H2,15,16). The molecule has 2 nitrogen and oxygen atoms in total. The summed E-state index contributed by atoms with van der Waals surface area (Å²) in [7, 11) is 0. The minimum atomic E-state index is -4.57. The van der Waals surface area contributed by atoms with Gasteiger partial charge in [-0.05, 0) is 17.7 Å². The van der Waals surface area contributed by atoms with Crippen molar-refractivity contribution in [1.82, 2.24) is 4.98 Å². The quantitative estimate of drug-likeness (QED) is 0.798. The zero-order valence-electron chi connectivity index (χ0n) is 8.25. The lowest BCUT2D eigenvalue weighted by atomic mass is 10.1. The van der Waals surface area contributed by atoms with Gasteiger partial charge in [-0.15, -0.1) is 0 Å². The van der Waals surface area contributed by atoms with Crippen LogP contribution in [0, 0.1) is 5.82 Å². The summed E-state index contributed by atoms with van der Waals surface area (Å²) in [6.07, 6.45) is -4.57. The summed E-state index contributed by atoms with van der Waals surface area (Å²) in [6, 6.07) is 4.70. The van der Waals surface area contributed by atoms with Crippen molar-refractivity contribution in [2.75, 3.05) is 5.73 Å². The molecular weight excluding hydrogens is 256 g/mol. The maximum absolute atomic E-state index is 12.7. The molecule has 1 heterocycles. The molecule has 0 saturated heterocycles. The number of nitrogen functional groups attached to an aromatic ring is 1. The van der Waals surface area contributed by atoms with Crippen LogP contribution in [0.15, 0.2) is 24.3 Å². The minimum absolute atomic E-state index is 0.102. The van der Waals surface area contributed by atoms with Crippen molar-refractivity contribution in [3.63, 3.8) is 0 Å². The highest BCUT2D eigenvalue weighted by atomic mass is 32.1. The molecule has 0 aliphatic heterocycles. The van der Waals surface area contributed by atoms with Crippen LogP contribution in [0.1, 0.15) is 5.69 Å². The van der Waals surface area contributed by atoms with Crippen LogP contribution < -0.4 is 5.73 Å². The van der Waals surface area contributed by atoms with Gasteiger partial charge < -0.3 is 5.73 Å². The van der Waals surface area contributed by atoms with E-state index in [2.05, 4.69) is 4.98 Å². The summed E-state index contributed by atoms with van der Waals surface area (Å²) in [6.45, 7) is 0. The number of thiazole rings is 1. The minimum Gasteiger partial charge on any atom is -0.375 e. The van der Waals surface area contributed by atoms with Gasteiger partial charge in [0.1, 0.15) is 5.82 Å². The smallest absolute Gasteiger partial charge is 0.375 e. The fourth-order valence-corrected chi connectivity index (χ4v) is 2.18. The third-order valence-corrected chi connectivity index (χ3v) is 2.95. The fourth-order valence-electron chi connectivity index (χ4n) is 1.33. The third-order valence-electron chi connectivity index (χ3n) is 2.02. The Balaban J connectivity index is 2.55. The van der Waals surface area contributed by atoms with E-state index < -0.39 is 17.7 Å². The van der Waals surface area contributed by atoms with Crippen molar-refractivity contribution in [2.45, 2.75) is 6.18 Å². The molecule has 0 spiro atoms. The highest BCUT2D eigenvalue weighted by Gasteiger charge is 2.37.